The number of nitrogens with zero attached hydrogens (tertiary/aromatic N) is 2. The summed E-state index contributed by atoms with van der Waals surface area (Å²) in [5, 5.41) is 4.37. The monoisotopic (exact) mass is 239 g/mol. The lowest BCUT2D eigenvalue weighted by Crippen LogP contribution is -2.38. The van der Waals surface area contributed by atoms with Crippen LogP contribution in [0.4, 0.5) is 5.13 Å². The molecule has 1 aromatic heterocycles. The molecule has 0 aliphatic carbocycles. The van der Waals surface area contributed by atoms with Crippen LogP contribution in [0.15, 0.2) is 6.20 Å². The Labute approximate surface area is 102 Å². The highest BCUT2D eigenvalue weighted by atomic mass is 32.1. The predicted octanol–water partition coefficient (Wildman–Crippen LogP) is 2.34. The fourth-order valence-electron chi connectivity index (χ4n) is 2.52. The van der Waals surface area contributed by atoms with Crippen LogP contribution in [-0.4, -0.2) is 25.1 Å². The molecule has 0 amide bonds. The van der Waals surface area contributed by atoms with Crippen molar-refractivity contribution in [3.05, 3.63) is 11.1 Å². The molecule has 2 rings (SSSR count). The normalized spacial score (nSPS) is 26.1. The van der Waals surface area contributed by atoms with Crippen LogP contribution in [0.3, 0.4) is 0 Å². The fourth-order valence-corrected chi connectivity index (χ4v) is 3.46. The van der Waals surface area contributed by atoms with Gasteiger partial charge in [0.05, 0.1) is 0 Å². The van der Waals surface area contributed by atoms with E-state index in [0.29, 0.717) is 0 Å². The van der Waals surface area contributed by atoms with Crippen LogP contribution in [-0.2, 0) is 6.54 Å². The third kappa shape index (κ3) is 2.74. The number of aromatic nitrogens is 1. The van der Waals surface area contributed by atoms with Gasteiger partial charge in [-0.1, -0.05) is 13.8 Å². The first-order valence-corrected chi connectivity index (χ1v) is 6.85. The minimum atomic E-state index is 0.792. The van der Waals surface area contributed by atoms with Gasteiger partial charge in [0.15, 0.2) is 5.13 Å². The van der Waals surface area contributed by atoms with Gasteiger partial charge in [0.25, 0.3) is 0 Å². The fraction of sp³-hybridized carbons (Fsp3) is 0.750. The molecule has 0 spiro atoms. The number of hydrogen-bond acceptors (Lipinski definition) is 4. The van der Waals surface area contributed by atoms with Crippen LogP contribution < -0.4 is 10.2 Å². The minimum absolute atomic E-state index is 0.792. The first-order chi connectivity index (χ1) is 7.69. The van der Waals surface area contributed by atoms with Gasteiger partial charge in [-0.05, 0) is 25.3 Å². The first-order valence-electron chi connectivity index (χ1n) is 6.03. The third-order valence-corrected chi connectivity index (χ3v) is 4.09. The van der Waals surface area contributed by atoms with Crippen molar-refractivity contribution in [2.45, 2.75) is 26.8 Å². The molecule has 3 nitrogen and oxygen atoms in total. The number of hydrogen-bond donors (Lipinski definition) is 1. The van der Waals surface area contributed by atoms with Gasteiger partial charge >= 0.3 is 0 Å². The molecule has 2 unspecified atom stereocenters. The van der Waals surface area contributed by atoms with Crippen molar-refractivity contribution >= 4 is 16.5 Å². The largest absolute Gasteiger partial charge is 0.348 e. The van der Waals surface area contributed by atoms with Crippen molar-refractivity contribution in [1.82, 2.24) is 10.3 Å². The maximum Gasteiger partial charge on any atom is 0.185 e. The van der Waals surface area contributed by atoms with Gasteiger partial charge in [-0.25, -0.2) is 4.98 Å². The molecule has 1 saturated heterocycles. The van der Waals surface area contributed by atoms with Gasteiger partial charge in [-0.2, -0.15) is 0 Å². The van der Waals surface area contributed by atoms with Crippen molar-refractivity contribution in [2.75, 3.05) is 25.0 Å². The molecule has 0 aromatic carbocycles. The van der Waals surface area contributed by atoms with E-state index in [1.54, 1.807) is 0 Å². The average Bonchev–Trinajstić information content (AvgIpc) is 2.65. The Morgan fingerprint density at radius 1 is 1.44 bits per heavy atom. The Morgan fingerprint density at radius 3 is 2.75 bits per heavy atom. The van der Waals surface area contributed by atoms with E-state index in [9.17, 15) is 0 Å². The van der Waals surface area contributed by atoms with E-state index in [4.69, 9.17) is 0 Å². The van der Waals surface area contributed by atoms with E-state index < -0.39 is 0 Å². The van der Waals surface area contributed by atoms with E-state index in [1.807, 2.05) is 24.6 Å². The SMILES string of the molecule is CNCc1cnc(N2CC(C)CC(C)C2)s1. The molecule has 1 aromatic rings. The highest BCUT2D eigenvalue weighted by molar-refractivity contribution is 7.15. The number of nitrogens with one attached hydrogen (secondary N) is 1. The Balaban J connectivity index is 2.04. The Kier molecular flexibility index (Phi) is 3.82. The lowest BCUT2D eigenvalue weighted by Gasteiger charge is -2.34. The molecule has 2 atom stereocenters. The third-order valence-electron chi connectivity index (χ3n) is 3.03. The van der Waals surface area contributed by atoms with Gasteiger partial charge in [0.1, 0.15) is 0 Å². The molecule has 1 aliphatic rings. The maximum absolute atomic E-state index is 4.53. The summed E-state index contributed by atoms with van der Waals surface area (Å²) in [6, 6.07) is 0. The lowest BCUT2D eigenvalue weighted by molar-refractivity contribution is 0.356. The number of anilines is 1. The molecule has 0 bridgehead atoms. The molecule has 1 aliphatic heterocycles. The first kappa shape index (κ1) is 11.9. The standard InChI is InChI=1S/C12H21N3S/c1-9-4-10(2)8-15(7-9)12-14-6-11(16-12)5-13-3/h6,9-10,13H,4-5,7-8H2,1-3H3. The quantitative estimate of drug-likeness (QED) is 0.877. The van der Waals surface area contributed by atoms with Gasteiger partial charge < -0.3 is 10.2 Å². The summed E-state index contributed by atoms with van der Waals surface area (Å²) in [7, 11) is 1.98. The van der Waals surface area contributed by atoms with Gasteiger partial charge in [0.2, 0.25) is 0 Å². The van der Waals surface area contributed by atoms with Gasteiger partial charge in [-0.15, -0.1) is 11.3 Å². The summed E-state index contributed by atoms with van der Waals surface area (Å²) in [6.07, 6.45) is 3.35. The van der Waals surface area contributed by atoms with Crippen LogP contribution in [0.2, 0.25) is 0 Å². The van der Waals surface area contributed by atoms with Crippen LogP contribution in [0, 0.1) is 11.8 Å². The summed E-state index contributed by atoms with van der Waals surface area (Å²) < 4.78 is 0. The van der Waals surface area contributed by atoms with Crippen LogP contribution >= 0.6 is 11.3 Å². The number of thiazole rings is 1. The topological polar surface area (TPSA) is 28.2 Å². The molecule has 90 valence electrons. The molecule has 0 saturated carbocycles. The molecule has 4 heteroatoms. The van der Waals surface area contributed by atoms with Crippen molar-refractivity contribution in [3.63, 3.8) is 0 Å². The highest BCUT2D eigenvalue weighted by Gasteiger charge is 2.23. The second-order valence-electron chi connectivity index (χ2n) is 4.99. The second-order valence-corrected chi connectivity index (χ2v) is 6.08. The summed E-state index contributed by atoms with van der Waals surface area (Å²) in [5.74, 6) is 1.58. The summed E-state index contributed by atoms with van der Waals surface area (Å²) >= 11 is 1.82. The smallest absolute Gasteiger partial charge is 0.185 e. The van der Waals surface area contributed by atoms with Crippen molar-refractivity contribution in [2.24, 2.45) is 11.8 Å². The van der Waals surface area contributed by atoms with E-state index in [0.717, 1.165) is 31.5 Å². The van der Waals surface area contributed by atoms with E-state index in [1.165, 1.54) is 16.4 Å². The minimum Gasteiger partial charge on any atom is -0.348 e. The lowest BCUT2D eigenvalue weighted by atomic mass is 9.92. The number of rotatable bonds is 3. The van der Waals surface area contributed by atoms with E-state index >= 15 is 0 Å². The molecular weight excluding hydrogens is 218 g/mol. The molecule has 1 fully saturated rings. The predicted molar refractivity (Wildman–Crippen MR) is 70.0 cm³/mol. The number of piperidine rings is 1. The summed E-state index contributed by atoms with van der Waals surface area (Å²) in [6.45, 7) is 7.93. The average molecular weight is 239 g/mol. The highest BCUT2D eigenvalue weighted by Crippen LogP contribution is 2.29. The van der Waals surface area contributed by atoms with Crippen molar-refractivity contribution in [3.8, 4) is 0 Å². The zero-order valence-corrected chi connectivity index (χ0v) is 11.2. The van der Waals surface area contributed by atoms with Gasteiger partial charge in [-0.3, -0.25) is 0 Å². The molecule has 0 radical (unpaired) electrons. The zero-order chi connectivity index (χ0) is 11.5. The van der Waals surface area contributed by atoms with Gasteiger partial charge in [0, 0.05) is 30.7 Å². The second kappa shape index (κ2) is 5.15. The Morgan fingerprint density at radius 2 is 2.12 bits per heavy atom. The molecular formula is C12H21N3S. The maximum atomic E-state index is 4.53. The van der Waals surface area contributed by atoms with Crippen molar-refractivity contribution in [1.29, 1.82) is 0 Å². The Hall–Kier alpha value is -0.610. The van der Waals surface area contributed by atoms with Crippen molar-refractivity contribution < 1.29 is 0 Å². The van der Waals surface area contributed by atoms with Crippen LogP contribution in [0.5, 0.6) is 0 Å². The van der Waals surface area contributed by atoms with E-state index in [-0.39, 0.29) is 0 Å². The Bertz CT molecular complexity index is 327. The van der Waals surface area contributed by atoms with Crippen LogP contribution in [0.1, 0.15) is 25.1 Å². The molecule has 16 heavy (non-hydrogen) atoms. The summed E-state index contributed by atoms with van der Waals surface area (Å²) in [4.78, 5) is 8.30. The summed E-state index contributed by atoms with van der Waals surface area (Å²) in [5.41, 5.74) is 0. The van der Waals surface area contributed by atoms with E-state index in [2.05, 4.69) is 29.0 Å². The molecule has 1 N–H and O–H groups in total. The zero-order valence-electron chi connectivity index (χ0n) is 10.4. The molecule has 2 heterocycles. The van der Waals surface area contributed by atoms with Crippen LogP contribution in [0.25, 0.3) is 0 Å².